The number of hydrogen-bond acceptors (Lipinski definition) is 3. The van der Waals surface area contributed by atoms with E-state index in [4.69, 9.17) is 0 Å². The molecule has 0 aromatic heterocycles. The van der Waals surface area contributed by atoms with Gasteiger partial charge in [0.05, 0.1) is 0 Å². The molecule has 1 spiro atoms. The van der Waals surface area contributed by atoms with Crippen molar-refractivity contribution < 1.29 is 0 Å². The fourth-order valence-electron chi connectivity index (χ4n) is 11.5. The molecule has 0 radical (unpaired) electrons. The molecule has 0 bridgehead atoms. The van der Waals surface area contributed by atoms with Gasteiger partial charge in [0.15, 0.2) is 8.07 Å². The van der Waals surface area contributed by atoms with E-state index < -0.39 is 8.07 Å². The van der Waals surface area contributed by atoms with Gasteiger partial charge in [-0.15, -0.1) is 0 Å². The van der Waals surface area contributed by atoms with Crippen molar-refractivity contribution >= 4 is 92.1 Å². The fraction of sp³-hybridized carbons (Fsp3) is 0.0526. The third-order valence-electron chi connectivity index (χ3n) is 14.0. The van der Waals surface area contributed by atoms with Gasteiger partial charge in [0.1, 0.15) is 0 Å². The van der Waals surface area contributed by atoms with Crippen LogP contribution < -0.4 is 46.3 Å². The molecule has 3 nitrogen and oxygen atoms in total. The minimum Gasteiger partial charge on any atom is -0.376 e. The lowest BCUT2D eigenvalue weighted by atomic mass is 9.43. The summed E-state index contributed by atoms with van der Waals surface area (Å²) >= 11 is 0. The van der Waals surface area contributed by atoms with Crippen LogP contribution in [0.3, 0.4) is 0 Å². The molecule has 4 aliphatic rings. The lowest BCUT2D eigenvalue weighted by Gasteiger charge is -2.52. The summed E-state index contributed by atoms with van der Waals surface area (Å²) in [4.78, 5) is 7.71. The molecule has 292 valence electrons. The van der Waals surface area contributed by atoms with E-state index in [1.54, 1.807) is 0 Å². The SMILES string of the molecule is CC(C)c1cc2c3c(c1)N(c1ccccc1)c1cc(N(c4ccccc4)c4ccccc4)ccc1B3N1c3ccccc3[Si]3(c4ccccc4-c4ccccc43)c3cccc-2c31. The third-order valence-corrected chi connectivity index (χ3v) is 18.9. The molecular formula is C57H42BN3Si. The molecule has 0 N–H and O–H groups in total. The highest BCUT2D eigenvalue weighted by Gasteiger charge is 2.57. The second-order valence-corrected chi connectivity index (χ2v) is 21.1. The van der Waals surface area contributed by atoms with E-state index in [9.17, 15) is 0 Å². The first-order valence-electron chi connectivity index (χ1n) is 21.9. The largest absolute Gasteiger partial charge is 0.376 e. The summed E-state index contributed by atoms with van der Waals surface area (Å²) in [5.74, 6) is 0.333. The highest BCUT2D eigenvalue weighted by molar-refractivity contribution is 7.24. The second kappa shape index (κ2) is 13.3. The van der Waals surface area contributed by atoms with Gasteiger partial charge in [-0.25, -0.2) is 0 Å². The van der Waals surface area contributed by atoms with Crippen LogP contribution in [0.1, 0.15) is 25.3 Å². The number of para-hydroxylation sites is 5. The summed E-state index contributed by atoms with van der Waals surface area (Å²) in [6.07, 6.45) is 0. The topological polar surface area (TPSA) is 9.72 Å². The maximum atomic E-state index is 2.76. The van der Waals surface area contributed by atoms with Gasteiger partial charge in [-0.2, -0.15) is 0 Å². The highest BCUT2D eigenvalue weighted by atomic mass is 28.3. The summed E-state index contributed by atoms with van der Waals surface area (Å²) in [7, 11) is -2.77. The number of benzene rings is 9. The Kier molecular flexibility index (Phi) is 7.62. The van der Waals surface area contributed by atoms with Crippen molar-refractivity contribution in [3.05, 3.63) is 218 Å². The lowest BCUT2D eigenvalue weighted by Crippen LogP contribution is -2.78. The normalized spacial score (nSPS) is 14.1. The van der Waals surface area contributed by atoms with Crippen LogP contribution in [0.15, 0.2) is 212 Å². The summed E-state index contributed by atoms with van der Waals surface area (Å²) in [6, 6.07) is 80.1. The summed E-state index contributed by atoms with van der Waals surface area (Å²) in [5, 5.41) is 5.94. The van der Waals surface area contributed by atoms with Crippen LogP contribution in [0.4, 0.5) is 45.5 Å². The smallest absolute Gasteiger partial charge is 0.333 e. The first-order chi connectivity index (χ1) is 30.6. The van der Waals surface area contributed by atoms with Crippen LogP contribution in [0.5, 0.6) is 0 Å². The average Bonchev–Trinajstić information content (AvgIpc) is 3.62. The van der Waals surface area contributed by atoms with Gasteiger partial charge >= 0.3 is 6.85 Å². The molecule has 0 saturated heterocycles. The minimum absolute atomic E-state index is 0.0693. The van der Waals surface area contributed by atoms with Crippen LogP contribution in [0.25, 0.3) is 22.3 Å². The van der Waals surface area contributed by atoms with Gasteiger partial charge < -0.3 is 14.6 Å². The second-order valence-electron chi connectivity index (χ2n) is 17.4. The lowest BCUT2D eigenvalue weighted by molar-refractivity contribution is 0.867. The van der Waals surface area contributed by atoms with Crippen molar-refractivity contribution in [1.82, 2.24) is 0 Å². The molecule has 9 aromatic rings. The number of fused-ring (bicyclic) bond motifs is 13. The average molecular weight is 808 g/mol. The Morgan fingerprint density at radius 1 is 0.435 bits per heavy atom. The Hall–Kier alpha value is -7.34. The van der Waals surface area contributed by atoms with Crippen molar-refractivity contribution in [1.29, 1.82) is 0 Å². The Bertz CT molecular complexity index is 3170. The zero-order valence-electron chi connectivity index (χ0n) is 34.7. The molecule has 0 fully saturated rings. The highest BCUT2D eigenvalue weighted by Crippen LogP contribution is 2.50. The number of nitrogens with zero attached hydrogens (tertiary/aromatic N) is 3. The molecule has 0 aliphatic carbocycles. The predicted octanol–water partition coefficient (Wildman–Crippen LogP) is 10.7. The van der Waals surface area contributed by atoms with Crippen molar-refractivity contribution in [2.75, 3.05) is 14.6 Å². The van der Waals surface area contributed by atoms with Crippen molar-refractivity contribution in [3.8, 4) is 22.3 Å². The van der Waals surface area contributed by atoms with Crippen molar-refractivity contribution in [3.63, 3.8) is 0 Å². The number of rotatable bonds is 5. The zero-order chi connectivity index (χ0) is 41.1. The minimum atomic E-state index is -2.77. The predicted molar refractivity (Wildman–Crippen MR) is 265 cm³/mol. The van der Waals surface area contributed by atoms with Gasteiger partial charge in [0.25, 0.3) is 0 Å². The molecule has 13 rings (SSSR count). The van der Waals surface area contributed by atoms with Crippen LogP contribution in [-0.4, -0.2) is 14.9 Å². The molecular weight excluding hydrogens is 766 g/mol. The Morgan fingerprint density at radius 2 is 1.00 bits per heavy atom. The van der Waals surface area contributed by atoms with E-state index in [1.165, 1.54) is 82.2 Å². The third kappa shape index (κ3) is 4.71. The number of anilines is 8. The van der Waals surface area contributed by atoms with Gasteiger partial charge in [-0.3, -0.25) is 0 Å². The number of hydrogen-bond donors (Lipinski definition) is 0. The van der Waals surface area contributed by atoms with Gasteiger partial charge in [0.2, 0.25) is 0 Å². The Balaban J connectivity index is 1.15. The molecule has 0 atom stereocenters. The van der Waals surface area contributed by atoms with Crippen molar-refractivity contribution in [2.45, 2.75) is 19.8 Å². The van der Waals surface area contributed by atoms with Crippen molar-refractivity contribution in [2.24, 2.45) is 0 Å². The van der Waals surface area contributed by atoms with Gasteiger partial charge in [0, 0.05) is 51.1 Å². The summed E-state index contributed by atoms with van der Waals surface area (Å²) in [5.41, 5.74) is 19.1. The molecule has 0 saturated carbocycles. The quantitative estimate of drug-likeness (QED) is 0.160. The van der Waals surface area contributed by atoms with Crippen LogP contribution >= 0.6 is 0 Å². The molecule has 9 aromatic carbocycles. The maximum absolute atomic E-state index is 2.77. The van der Waals surface area contributed by atoms with Gasteiger partial charge in [-0.05, 0) is 121 Å². The van der Waals surface area contributed by atoms with Crippen LogP contribution in [0, 0.1) is 0 Å². The Labute approximate surface area is 364 Å². The molecule has 4 heterocycles. The van der Waals surface area contributed by atoms with E-state index in [1.807, 2.05) is 0 Å². The van der Waals surface area contributed by atoms with Gasteiger partial charge in [-0.1, -0.05) is 166 Å². The molecule has 0 amide bonds. The summed E-state index contributed by atoms with van der Waals surface area (Å²) < 4.78 is 0. The zero-order valence-corrected chi connectivity index (χ0v) is 35.7. The maximum Gasteiger partial charge on any atom is 0.333 e. The van der Waals surface area contributed by atoms with E-state index >= 15 is 0 Å². The first kappa shape index (κ1) is 35.4. The molecule has 0 unspecified atom stereocenters. The van der Waals surface area contributed by atoms with E-state index in [0.29, 0.717) is 5.92 Å². The Morgan fingerprint density at radius 3 is 1.66 bits per heavy atom. The molecule has 5 heteroatoms. The molecule has 62 heavy (non-hydrogen) atoms. The molecule has 4 aliphatic heterocycles. The van der Waals surface area contributed by atoms with Crippen LogP contribution in [-0.2, 0) is 0 Å². The fourth-order valence-corrected chi connectivity index (χ4v) is 17.0. The monoisotopic (exact) mass is 807 g/mol. The first-order valence-corrected chi connectivity index (χ1v) is 23.9. The van der Waals surface area contributed by atoms with E-state index in [0.717, 1.165) is 22.7 Å². The standard InChI is InChI=1S/C57H42BN3Si/c1-38(2)39-35-47-46-27-18-32-55-57(46)61(49-28-14-17-31-54(49)62(55)52-29-15-12-25-44(52)45-26-13-16-30-53(45)62)58-48-34-33-43(59(40-19-6-3-7-20-40)41-21-8-4-9-22-41)37-50(48)60(51(36-39)56(47)58)42-23-10-5-11-24-42/h3-38H,1-2H3. The van der Waals surface area contributed by atoms with Crippen LogP contribution in [0.2, 0.25) is 0 Å². The van der Waals surface area contributed by atoms with E-state index in [2.05, 4.69) is 241 Å². The summed E-state index contributed by atoms with van der Waals surface area (Å²) in [6.45, 7) is 4.61. The van der Waals surface area contributed by atoms with E-state index in [-0.39, 0.29) is 6.85 Å².